The Hall–Kier alpha value is -2.12. The fourth-order valence-corrected chi connectivity index (χ4v) is 8.83. The predicted octanol–water partition coefficient (Wildman–Crippen LogP) is 4.38. The lowest BCUT2D eigenvalue weighted by Gasteiger charge is -2.60. The first kappa shape index (κ1) is 26.5. The summed E-state index contributed by atoms with van der Waals surface area (Å²) in [7, 11) is 0. The van der Waals surface area contributed by atoms with Gasteiger partial charge in [0.05, 0.1) is 17.3 Å². The number of carboxylic acid groups (broad SMARTS) is 1. The maximum Gasteiger partial charge on any atom is 0.344 e. The molecule has 8 heteroatoms. The number of carboxylic acids is 1. The first-order valence-electron chi connectivity index (χ1n) is 14.3. The number of fused-ring (bicyclic) bond motifs is 2. The Kier molecular flexibility index (Phi) is 6.85. The monoisotopic (exact) mass is 518 g/mol. The Bertz CT molecular complexity index is 926. The van der Waals surface area contributed by atoms with E-state index in [1.807, 2.05) is 6.92 Å². The topological polar surface area (TPSA) is 116 Å². The summed E-state index contributed by atoms with van der Waals surface area (Å²) in [4.78, 5) is 50.8. The van der Waals surface area contributed by atoms with Gasteiger partial charge in [0.1, 0.15) is 11.7 Å². The molecule has 5 unspecified atom stereocenters. The van der Waals surface area contributed by atoms with E-state index in [0.29, 0.717) is 31.1 Å². The van der Waals surface area contributed by atoms with Gasteiger partial charge < -0.3 is 19.3 Å². The highest BCUT2D eigenvalue weighted by Crippen LogP contribution is 2.62. The van der Waals surface area contributed by atoms with Crippen LogP contribution >= 0.6 is 0 Å². The van der Waals surface area contributed by atoms with Gasteiger partial charge in [-0.2, -0.15) is 0 Å². The Labute approximate surface area is 219 Å². The van der Waals surface area contributed by atoms with Crippen LogP contribution in [0.2, 0.25) is 0 Å². The molecule has 6 aliphatic carbocycles. The van der Waals surface area contributed by atoms with Crippen LogP contribution in [0.1, 0.15) is 85.5 Å². The number of aliphatic carboxylic acids is 1. The van der Waals surface area contributed by atoms with Crippen LogP contribution in [0.15, 0.2) is 0 Å². The third-order valence-corrected chi connectivity index (χ3v) is 10.9. The molecule has 37 heavy (non-hydrogen) atoms. The van der Waals surface area contributed by atoms with Crippen molar-refractivity contribution in [2.75, 3.05) is 6.61 Å². The first-order valence-corrected chi connectivity index (χ1v) is 14.3. The zero-order valence-corrected chi connectivity index (χ0v) is 22.6. The molecule has 0 radical (unpaired) electrons. The molecule has 0 aromatic rings. The summed E-state index contributed by atoms with van der Waals surface area (Å²) in [5, 5.41) is 10.0. The number of carbonyl (C=O) groups is 4. The summed E-state index contributed by atoms with van der Waals surface area (Å²) in [6.45, 7) is 6.99. The highest BCUT2D eigenvalue weighted by atomic mass is 16.6. The number of carbonyl (C=O) groups excluding carboxylic acids is 3. The molecular weight excluding hydrogens is 476 g/mol. The quantitative estimate of drug-likeness (QED) is 0.353. The molecule has 0 aromatic heterocycles. The normalized spacial score (nSPS) is 41.5. The molecule has 6 saturated carbocycles. The number of hydrogen-bond donors (Lipinski definition) is 1. The van der Waals surface area contributed by atoms with E-state index in [4.69, 9.17) is 14.2 Å². The second-order valence-corrected chi connectivity index (χ2v) is 13.2. The van der Waals surface area contributed by atoms with E-state index in [1.165, 1.54) is 6.42 Å². The lowest BCUT2D eigenvalue weighted by atomic mass is 9.49. The van der Waals surface area contributed by atoms with Gasteiger partial charge in [-0.3, -0.25) is 14.4 Å². The Morgan fingerprint density at radius 2 is 1.51 bits per heavy atom. The molecule has 6 rings (SSSR count). The standard InChI is InChI=1S/C29H42O8/c1-5-28(3,4)27(34)35-14-22(30)36-21-13-17-12-20(21)24(23(17)25(31)32)26(33)37-29(6-2)18-8-15-7-16(10-18)11-19(29)9-15/h15-21,23-24H,5-14H2,1-4H3,(H,31,32). The predicted molar refractivity (Wildman–Crippen MR) is 132 cm³/mol. The van der Waals surface area contributed by atoms with Gasteiger partial charge in [0.2, 0.25) is 0 Å². The van der Waals surface area contributed by atoms with E-state index in [2.05, 4.69) is 6.92 Å². The number of esters is 3. The van der Waals surface area contributed by atoms with Crippen molar-refractivity contribution in [3.63, 3.8) is 0 Å². The van der Waals surface area contributed by atoms with Crippen molar-refractivity contribution < 1.29 is 38.5 Å². The minimum Gasteiger partial charge on any atom is -0.481 e. The van der Waals surface area contributed by atoms with Crippen molar-refractivity contribution >= 4 is 23.9 Å². The third kappa shape index (κ3) is 4.46. The van der Waals surface area contributed by atoms with E-state index in [-0.39, 0.29) is 5.92 Å². The maximum atomic E-state index is 13.8. The van der Waals surface area contributed by atoms with Gasteiger partial charge in [-0.05, 0) is 101 Å². The van der Waals surface area contributed by atoms with Crippen LogP contribution in [0.5, 0.6) is 0 Å². The van der Waals surface area contributed by atoms with Crippen LogP contribution in [0, 0.1) is 52.8 Å². The second-order valence-electron chi connectivity index (χ2n) is 13.2. The lowest BCUT2D eigenvalue weighted by molar-refractivity contribution is -0.219. The summed E-state index contributed by atoms with van der Waals surface area (Å²) in [5.41, 5.74) is -1.19. The molecule has 0 aliphatic heterocycles. The van der Waals surface area contributed by atoms with Crippen molar-refractivity contribution in [2.24, 2.45) is 52.8 Å². The van der Waals surface area contributed by atoms with Crippen molar-refractivity contribution in [1.29, 1.82) is 0 Å². The Morgan fingerprint density at radius 1 is 0.892 bits per heavy atom. The van der Waals surface area contributed by atoms with Gasteiger partial charge in [0.15, 0.2) is 6.61 Å². The molecular formula is C29H42O8. The lowest BCUT2D eigenvalue weighted by Crippen LogP contribution is -2.60. The van der Waals surface area contributed by atoms with Crippen LogP contribution in [0.3, 0.4) is 0 Å². The van der Waals surface area contributed by atoms with E-state index in [9.17, 15) is 24.3 Å². The van der Waals surface area contributed by atoms with E-state index < -0.39 is 65.4 Å². The van der Waals surface area contributed by atoms with Crippen LogP contribution in [0.4, 0.5) is 0 Å². The highest BCUT2D eigenvalue weighted by molar-refractivity contribution is 5.84. The summed E-state index contributed by atoms with van der Waals surface area (Å²) >= 11 is 0. The van der Waals surface area contributed by atoms with E-state index in [0.717, 1.165) is 43.9 Å². The molecule has 6 bridgehead atoms. The Morgan fingerprint density at radius 3 is 2.05 bits per heavy atom. The molecule has 5 atom stereocenters. The SMILES string of the molecule is CCC(C)(C)C(=O)OCC(=O)OC1CC2CC1C(C(=O)OC1(CC)C3CC4CC(C3)CC1C4)C2C(=O)O. The number of hydrogen-bond acceptors (Lipinski definition) is 7. The minimum absolute atomic E-state index is 0.240. The Balaban J connectivity index is 1.27. The summed E-state index contributed by atoms with van der Waals surface area (Å²) < 4.78 is 17.3. The molecule has 0 aromatic carbocycles. The highest BCUT2D eigenvalue weighted by Gasteiger charge is 2.63. The van der Waals surface area contributed by atoms with Gasteiger partial charge in [0, 0.05) is 5.92 Å². The zero-order valence-electron chi connectivity index (χ0n) is 22.6. The largest absolute Gasteiger partial charge is 0.481 e. The molecule has 0 heterocycles. The van der Waals surface area contributed by atoms with Crippen LogP contribution in [-0.4, -0.2) is 47.3 Å². The molecule has 0 spiro atoms. The van der Waals surface area contributed by atoms with Crippen molar-refractivity contribution in [2.45, 2.75) is 97.2 Å². The molecule has 206 valence electrons. The van der Waals surface area contributed by atoms with E-state index >= 15 is 0 Å². The molecule has 6 aliphatic rings. The zero-order chi connectivity index (χ0) is 26.7. The van der Waals surface area contributed by atoms with Crippen molar-refractivity contribution in [3.8, 4) is 0 Å². The third-order valence-electron chi connectivity index (χ3n) is 10.9. The molecule has 6 fully saturated rings. The second kappa shape index (κ2) is 9.57. The minimum atomic E-state index is -0.981. The van der Waals surface area contributed by atoms with Gasteiger partial charge >= 0.3 is 23.9 Å². The smallest absolute Gasteiger partial charge is 0.344 e. The molecule has 0 saturated heterocycles. The number of rotatable bonds is 9. The average Bonchev–Trinajstić information content (AvgIpc) is 3.42. The van der Waals surface area contributed by atoms with Crippen LogP contribution in [0.25, 0.3) is 0 Å². The van der Waals surface area contributed by atoms with Crippen molar-refractivity contribution in [3.05, 3.63) is 0 Å². The fourth-order valence-electron chi connectivity index (χ4n) is 8.83. The molecule has 8 nitrogen and oxygen atoms in total. The van der Waals surface area contributed by atoms with Gasteiger partial charge in [-0.15, -0.1) is 0 Å². The van der Waals surface area contributed by atoms with E-state index in [1.54, 1.807) is 13.8 Å². The first-order chi connectivity index (χ1) is 17.5. The van der Waals surface area contributed by atoms with Gasteiger partial charge in [-0.1, -0.05) is 13.8 Å². The fraction of sp³-hybridized carbons (Fsp3) is 0.862. The van der Waals surface area contributed by atoms with Gasteiger partial charge in [-0.25, -0.2) is 4.79 Å². The molecule has 0 amide bonds. The number of ether oxygens (including phenoxy) is 3. The maximum absolute atomic E-state index is 13.8. The summed E-state index contributed by atoms with van der Waals surface area (Å²) in [6, 6.07) is 0. The molecule has 1 N–H and O–H groups in total. The van der Waals surface area contributed by atoms with Gasteiger partial charge in [0.25, 0.3) is 0 Å². The van der Waals surface area contributed by atoms with Crippen LogP contribution in [-0.2, 0) is 33.4 Å². The summed E-state index contributed by atoms with van der Waals surface area (Å²) in [6.07, 6.45) is 7.38. The summed E-state index contributed by atoms with van der Waals surface area (Å²) in [5.74, 6) is -2.63. The van der Waals surface area contributed by atoms with Crippen LogP contribution < -0.4 is 0 Å². The van der Waals surface area contributed by atoms with Crippen molar-refractivity contribution in [1.82, 2.24) is 0 Å². The average molecular weight is 519 g/mol.